The monoisotopic (exact) mass is 279 g/mol. The number of aromatic carboxylic acids is 1. The fourth-order valence-corrected chi connectivity index (χ4v) is 3.10. The standard InChI is InChI=1S/C13H21N5O2/c1-9-5-10(3-4-16(9)2)17-6-11(7-17)18-8-12(13(19)20)14-15-18/h8-11H,3-7H2,1-2H3,(H,19,20). The van der Waals surface area contributed by atoms with E-state index in [0.29, 0.717) is 12.1 Å². The number of piperidine rings is 1. The molecule has 7 heteroatoms. The van der Waals surface area contributed by atoms with E-state index < -0.39 is 5.97 Å². The van der Waals surface area contributed by atoms with Crippen LogP contribution in [0.15, 0.2) is 6.20 Å². The summed E-state index contributed by atoms with van der Waals surface area (Å²) in [6.07, 6.45) is 3.95. The quantitative estimate of drug-likeness (QED) is 0.858. The molecule has 0 aliphatic carbocycles. The summed E-state index contributed by atoms with van der Waals surface area (Å²) in [6.45, 7) is 5.33. The second-order valence-corrected chi connectivity index (χ2v) is 6.00. The molecular weight excluding hydrogens is 258 g/mol. The van der Waals surface area contributed by atoms with Crippen molar-refractivity contribution in [1.82, 2.24) is 24.8 Å². The van der Waals surface area contributed by atoms with Gasteiger partial charge >= 0.3 is 5.97 Å². The van der Waals surface area contributed by atoms with Crippen LogP contribution in [-0.2, 0) is 0 Å². The van der Waals surface area contributed by atoms with Crippen LogP contribution >= 0.6 is 0 Å². The molecule has 2 saturated heterocycles. The highest BCUT2D eigenvalue weighted by molar-refractivity contribution is 5.84. The molecule has 0 saturated carbocycles. The van der Waals surface area contributed by atoms with Crippen molar-refractivity contribution in [3.8, 4) is 0 Å². The van der Waals surface area contributed by atoms with Gasteiger partial charge in [0.25, 0.3) is 0 Å². The third kappa shape index (κ3) is 2.43. The van der Waals surface area contributed by atoms with Crippen molar-refractivity contribution in [3.63, 3.8) is 0 Å². The van der Waals surface area contributed by atoms with Crippen molar-refractivity contribution in [2.24, 2.45) is 0 Å². The molecular formula is C13H21N5O2. The summed E-state index contributed by atoms with van der Waals surface area (Å²) in [5.74, 6) is -1.02. The number of aromatic nitrogens is 3. The average Bonchev–Trinajstić information content (AvgIpc) is 2.81. The Labute approximate surface area is 118 Å². The maximum absolute atomic E-state index is 10.8. The molecule has 0 aromatic carbocycles. The van der Waals surface area contributed by atoms with Gasteiger partial charge in [0.1, 0.15) is 0 Å². The molecule has 1 aromatic heterocycles. The maximum Gasteiger partial charge on any atom is 0.358 e. The van der Waals surface area contributed by atoms with Gasteiger partial charge in [-0.25, -0.2) is 9.48 Å². The van der Waals surface area contributed by atoms with Crippen molar-refractivity contribution in [1.29, 1.82) is 0 Å². The van der Waals surface area contributed by atoms with Crippen LogP contribution in [0.1, 0.15) is 36.3 Å². The molecule has 1 N–H and O–H groups in total. The number of carbonyl (C=O) groups is 1. The summed E-state index contributed by atoms with van der Waals surface area (Å²) in [6, 6.07) is 1.56. The molecule has 0 spiro atoms. The van der Waals surface area contributed by atoms with Crippen molar-refractivity contribution in [2.75, 3.05) is 26.7 Å². The van der Waals surface area contributed by atoms with Crippen LogP contribution < -0.4 is 0 Å². The first kappa shape index (κ1) is 13.5. The van der Waals surface area contributed by atoms with E-state index in [4.69, 9.17) is 5.11 Å². The van der Waals surface area contributed by atoms with Gasteiger partial charge in [0.2, 0.25) is 0 Å². The molecule has 2 unspecified atom stereocenters. The van der Waals surface area contributed by atoms with E-state index in [1.54, 1.807) is 4.68 Å². The highest BCUT2D eigenvalue weighted by Gasteiger charge is 2.36. The minimum atomic E-state index is -1.02. The molecule has 110 valence electrons. The third-order valence-corrected chi connectivity index (χ3v) is 4.69. The first-order chi connectivity index (χ1) is 9.54. The van der Waals surface area contributed by atoms with Crippen molar-refractivity contribution < 1.29 is 9.90 Å². The molecule has 2 fully saturated rings. The normalized spacial score (nSPS) is 29.3. The van der Waals surface area contributed by atoms with E-state index in [2.05, 4.69) is 34.1 Å². The molecule has 0 amide bonds. The molecule has 1 aromatic rings. The van der Waals surface area contributed by atoms with Crippen molar-refractivity contribution in [3.05, 3.63) is 11.9 Å². The Morgan fingerprint density at radius 2 is 2.15 bits per heavy atom. The van der Waals surface area contributed by atoms with E-state index in [-0.39, 0.29) is 11.7 Å². The molecule has 2 atom stereocenters. The zero-order valence-corrected chi connectivity index (χ0v) is 11.9. The largest absolute Gasteiger partial charge is 0.476 e. The molecule has 2 aliphatic rings. The molecule has 3 rings (SSSR count). The van der Waals surface area contributed by atoms with E-state index in [1.807, 2.05) is 0 Å². The molecule has 0 radical (unpaired) electrons. The van der Waals surface area contributed by atoms with Gasteiger partial charge in [0, 0.05) is 25.2 Å². The second kappa shape index (κ2) is 5.14. The Bertz CT molecular complexity index is 497. The first-order valence-corrected chi connectivity index (χ1v) is 7.14. The molecule has 2 aliphatic heterocycles. The van der Waals surface area contributed by atoms with Crippen LogP contribution in [0.3, 0.4) is 0 Å². The van der Waals surface area contributed by atoms with Gasteiger partial charge in [-0.05, 0) is 33.4 Å². The van der Waals surface area contributed by atoms with Crippen LogP contribution in [0.25, 0.3) is 0 Å². The Hall–Kier alpha value is -1.47. The van der Waals surface area contributed by atoms with Crippen LogP contribution in [0.4, 0.5) is 0 Å². The van der Waals surface area contributed by atoms with Gasteiger partial charge in [0.15, 0.2) is 5.69 Å². The number of likely N-dealkylation sites (tertiary alicyclic amines) is 2. The predicted molar refractivity (Wildman–Crippen MR) is 72.7 cm³/mol. The second-order valence-electron chi connectivity index (χ2n) is 6.00. The van der Waals surface area contributed by atoms with Crippen molar-refractivity contribution in [2.45, 2.75) is 37.9 Å². The summed E-state index contributed by atoms with van der Waals surface area (Å²) in [5.41, 5.74) is 0.0244. The van der Waals surface area contributed by atoms with Gasteiger partial charge in [-0.15, -0.1) is 5.10 Å². The number of carboxylic acids is 1. The number of carboxylic acid groups (broad SMARTS) is 1. The lowest BCUT2D eigenvalue weighted by molar-refractivity contribution is 0.0101. The Kier molecular flexibility index (Phi) is 3.47. The first-order valence-electron chi connectivity index (χ1n) is 7.14. The maximum atomic E-state index is 10.8. The van der Waals surface area contributed by atoms with Crippen LogP contribution in [0, 0.1) is 0 Å². The minimum Gasteiger partial charge on any atom is -0.476 e. The molecule has 7 nitrogen and oxygen atoms in total. The van der Waals surface area contributed by atoms with Crippen LogP contribution in [-0.4, -0.2) is 74.6 Å². The van der Waals surface area contributed by atoms with Gasteiger partial charge in [0.05, 0.1) is 12.2 Å². The number of hydrogen-bond acceptors (Lipinski definition) is 5. The zero-order chi connectivity index (χ0) is 14.3. The lowest BCUT2D eigenvalue weighted by atomic mass is 9.93. The lowest BCUT2D eigenvalue weighted by Gasteiger charge is -2.48. The number of rotatable bonds is 3. The van der Waals surface area contributed by atoms with Crippen LogP contribution in [0.5, 0.6) is 0 Å². The predicted octanol–water partition coefficient (Wildman–Crippen LogP) is 0.316. The Morgan fingerprint density at radius 1 is 1.40 bits per heavy atom. The zero-order valence-electron chi connectivity index (χ0n) is 11.9. The summed E-state index contributed by atoms with van der Waals surface area (Å²) < 4.78 is 1.69. The summed E-state index contributed by atoms with van der Waals surface area (Å²) in [7, 11) is 2.18. The van der Waals surface area contributed by atoms with E-state index >= 15 is 0 Å². The van der Waals surface area contributed by atoms with Crippen LogP contribution in [0.2, 0.25) is 0 Å². The molecule has 3 heterocycles. The smallest absolute Gasteiger partial charge is 0.358 e. The van der Waals surface area contributed by atoms with Crippen molar-refractivity contribution >= 4 is 5.97 Å². The van der Waals surface area contributed by atoms with E-state index in [0.717, 1.165) is 19.6 Å². The highest BCUT2D eigenvalue weighted by atomic mass is 16.4. The third-order valence-electron chi connectivity index (χ3n) is 4.69. The fraction of sp³-hybridized carbons (Fsp3) is 0.769. The Morgan fingerprint density at radius 3 is 2.75 bits per heavy atom. The summed E-state index contributed by atoms with van der Waals surface area (Å²) in [5, 5.41) is 16.4. The Balaban J connectivity index is 1.54. The number of hydrogen-bond donors (Lipinski definition) is 1. The topological polar surface area (TPSA) is 74.5 Å². The SMILES string of the molecule is CC1CC(N2CC(n3cc(C(=O)O)nn3)C2)CCN1C. The van der Waals surface area contributed by atoms with Gasteiger partial charge in [-0.2, -0.15) is 0 Å². The summed E-state index contributed by atoms with van der Waals surface area (Å²) >= 11 is 0. The van der Waals surface area contributed by atoms with E-state index in [9.17, 15) is 4.79 Å². The molecule has 0 bridgehead atoms. The van der Waals surface area contributed by atoms with Gasteiger partial charge < -0.3 is 10.0 Å². The van der Waals surface area contributed by atoms with Gasteiger partial charge in [-0.3, -0.25) is 4.90 Å². The minimum absolute atomic E-state index is 0.0244. The fourth-order valence-electron chi connectivity index (χ4n) is 3.10. The molecule has 20 heavy (non-hydrogen) atoms. The van der Waals surface area contributed by atoms with Gasteiger partial charge in [-0.1, -0.05) is 5.21 Å². The number of nitrogens with zero attached hydrogens (tertiary/aromatic N) is 5. The lowest BCUT2D eigenvalue weighted by Crippen LogP contribution is -2.56. The average molecular weight is 279 g/mol. The summed E-state index contributed by atoms with van der Waals surface area (Å²) in [4.78, 5) is 15.7. The highest BCUT2D eigenvalue weighted by Crippen LogP contribution is 2.29. The van der Waals surface area contributed by atoms with E-state index in [1.165, 1.54) is 19.0 Å².